The molecule has 106 valence electrons. The van der Waals surface area contributed by atoms with Crippen LogP contribution in [0.25, 0.3) is 0 Å². The van der Waals surface area contributed by atoms with Gasteiger partial charge < -0.3 is 0 Å². The van der Waals surface area contributed by atoms with Gasteiger partial charge >= 0.3 is 0 Å². The Labute approximate surface area is 114 Å². The molecule has 3 aliphatic heterocycles. The Morgan fingerprint density at radius 2 is 1.83 bits per heavy atom. The number of fused-ring (bicyclic) bond motifs is 4. The number of piperidine rings is 1. The quantitative estimate of drug-likeness (QED) is 0.760. The summed E-state index contributed by atoms with van der Waals surface area (Å²) in [7, 11) is 0. The summed E-state index contributed by atoms with van der Waals surface area (Å²) >= 11 is 0. The Balaban J connectivity index is 2.25. The molecule has 0 amide bonds. The lowest BCUT2D eigenvalue weighted by Crippen LogP contribution is -2.58. The molecule has 0 N–H and O–H groups in total. The molecule has 0 saturated carbocycles. The Morgan fingerprint density at radius 1 is 1.17 bits per heavy atom. The molecular formula is C16H32N2. The van der Waals surface area contributed by atoms with Gasteiger partial charge in [-0.2, -0.15) is 0 Å². The van der Waals surface area contributed by atoms with Crippen molar-refractivity contribution >= 4 is 0 Å². The maximum atomic E-state index is 2.82. The van der Waals surface area contributed by atoms with E-state index in [2.05, 4.69) is 51.3 Å². The van der Waals surface area contributed by atoms with E-state index in [9.17, 15) is 0 Å². The first-order chi connectivity index (χ1) is 8.36. The lowest BCUT2D eigenvalue weighted by Gasteiger charge is -2.51. The molecule has 0 spiro atoms. The van der Waals surface area contributed by atoms with Gasteiger partial charge in [-0.25, -0.2) is 0 Å². The maximum absolute atomic E-state index is 2.82. The minimum Gasteiger partial charge on any atom is -0.297 e. The number of nitrogens with zero attached hydrogens (tertiary/aromatic N) is 2. The molecule has 18 heavy (non-hydrogen) atoms. The third-order valence-electron chi connectivity index (χ3n) is 5.44. The topological polar surface area (TPSA) is 6.48 Å². The molecule has 3 saturated heterocycles. The lowest BCUT2D eigenvalue weighted by molar-refractivity contribution is -0.0126. The van der Waals surface area contributed by atoms with Crippen LogP contribution in [0.5, 0.6) is 0 Å². The molecule has 3 fully saturated rings. The van der Waals surface area contributed by atoms with Crippen molar-refractivity contribution in [3.63, 3.8) is 0 Å². The molecule has 3 rings (SSSR count). The van der Waals surface area contributed by atoms with Crippen LogP contribution in [-0.4, -0.2) is 47.1 Å². The molecule has 0 aromatic carbocycles. The van der Waals surface area contributed by atoms with E-state index in [1.807, 2.05) is 0 Å². The zero-order valence-corrected chi connectivity index (χ0v) is 13.2. The van der Waals surface area contributed by atoms with Gasteiger partial charge in [-0.1, -0.05) is 20.8 Å². The normalized spacial score (nSPS) is 34.8. The van der Waals surface area contributed by atoms with Crippen LogP contribution in [0.4, 0.5) is 0 Å². The second-order valence-corrected chi connectivity index (χ2v) is 7.44. The summed E-state index contributed by atoms with van der Waals surface area (Å²) in [6.07, 6.45) is 4.01. The van der Waals surface area contributed by atoms with Crippen molar-refractivity contribution in [3.05, 3.63) is 0 Å². The third kappa shape index (κ3) is 2.46. The predicted octanol–water partition coefficient (Wildman–Crippen LogP) is 3.37. The summed E-state index contributed by atoms with van der Waals surface area (Å²) < 4.78 is 0. The van der Waals surface area contributed by atoms with Gasteiger partial charge in [-0.05, 0) is 45.4 Å². The van der Waals surface area contributed by atoms with Crippen molar-refractivity contribution in [2.75, 3.05) is 13.1 Å². The van der Waals surface area contributed by atoms with Crippen LogP contribution in [0, 0.1) is 5.41 Å². The zero-order chi connectivity index (χ0) is 13.5. The lowest BCUT2D eigenvalue weighted by atomic mass is 9.74. The predicted molar refractivity (Wildman–Crippen MR) is 78.9 cm³/mol. The summed E-state index contributed by atoms with van der Waals surface area (Å²) in [5, 5.41) is 0. The standard InChI is InChI=1S/C16H32N2/c1-7-13(4)18-11-14-10-16(5,6)15(18)8-9-17(14)12(2)3/h12-15H,7-11H2,1-6H3. The monoisotopic (exact) mass is 252 g/mol. The first-order valence-electron chi connectivity index (χ1n) is 7.88. The van der Waals surface area contributed by atoms with Crippen LogP contribution in [0.1, 0.15) is 60.8 Å². The number of rotatable bonds is 3. The van der Waals surface area contributed by atoms with E-state index in [0.29, 0.717) is 11.5 Å². The van der Waals surface area contributed by atoms with Crippen LogP contribution >= 0.6 is 0 Å². The van der Waals surface area contributed by atoms with Gasteiger partial charge in [-0.15, -0.1) is 0 Å². The van der Waals surface area contributed by atoms with Crippen molar-refractivity contribution < 1.29 is 0 Å². The van der Waals surface area contributed by atoms with Gasteiger partial charge in [0.1, 0.15) is 0 Å². The summed E-state index contributed by atoms with van der Waals surface area (Å²) in [6, 6.07) is 2.99. The molecular weight excluding hydrogens is 220 g/mol. The molecule has 0 aromatic heterocycles. The van der Waals surface area contributed by atoms with Crippen molar-refractivity contribution in [1.29, 1.82) is 0 Å². The second kappa shape index (κ2) is 5.13. The van der Waals surface area contributed by atoms with Gasteiger partial charge in [0, 0.05) is 37.3 Å². The van der Waals surface area contributed by atoms with E-state index in [1.165, 1.54) is 32.4 Å². The summed E-state index contributed by atoms with van der Waals surface area (Å²) in [5.41, 5.74) is 0.482. The minimum atomic E-state index is 0.482. The average Bonchev–Trinajstić information content (AvgIpc) is 2.54. The van der Waals surface area contributed by atoms with Gasteiger partial charge in [0.05, 0.1) is 0 Å². The first-order valence-corrected chi connectivity index (χ1v) is 7.88. The highest BCUT2D eigenvalue weighted by atomic mass is 15.3. The Kier molecular flexibility index (Phi) is 4.08. The smallest absolute Gasteiger partial charge is 0.0231 e. The summed E-state index contributed by atoms with van der Waals surface area (Å²) in [5.74, 6) is 0. The molecule has 3 atom stereocenters. The van der Waals surface area contributed by atoms with E-state index in [-0.39, 0.29) is 0 Å². The van der Waals surface area contributed by atoms with Crippen LogP contribution in [0.2, 0.25) is 0 Å². The fourth-order valence-electron chi connectivity index (χ4n) is 4.26. The highest BCUT2D eigenvalue weighted by Gasteiger charge is 2.47. The fraction of sp³-hybridized carbons (Fsp3) is 1.00. The Bertz CT molecular complexity index is 285. The van der Waals surface area contributed by atoms with Crippen molar-refractivity contribution in [1.82, 2.24) is 9.80 Å². The molecule has 3 aliphatic rings. The summed E-state index contributed by atoms with van der Waals surface area (Å²) in [4.78, 5) is 5.57. The first kappa shape index (κ1) is 14.3. The van der Waals surface area contributed by atoms with Crippen molar-refractivity contribution in [2.45, 2.75) is 85.0 Å². The summed E-state index contributed by atoms with van der Waals surface area (Å²) in [6.45, 7) is 17.0. The van der Waals surface area contributed by atoms with Gasteiger partial charge in [0.25, 0.3) is 0 Å². The van der Waals surface area contributed by atoms with Crippen LogP contribution in [0.15, 0.2) is 0 Å². The molecule has 2 nitrogen and oxygen atoms in total. The van der Waals surface area contributed by atoms with Crippen molar-refractivity contribution in [2.24, 2.45) is 5.41 Å². The SMILES string of the molecule is CCC(C)N1CC2CC(C)(C)C1CCN2C(C)C. The molecule has 2 bridgehead atoms. The largest absolute Gasteiger partial charge is 0.297 e. The fourth-order valence-corrected chi connectivity index (χ4v) is 4.26. The second-order valence-electron chi connectivity index (χ2n) is 7.44. The Hall–Kier alpha value is -0.0800. The zero-order valence-electron chi connectivity index (χ0n) is 13.2. The number of hydrogen-bond donors (Lipinski definition) is 0. The molecule has 0 aromatic rings. The molecule has 3 heterocycles. The van der Waals surface area contributed by atoms with Crippen molar-refractivity contribution in [3.8, 4) is 0 Å². The van der Waals surface area contributed by atoms with E-state index in [4.69, 9.17) is 0 Å². The van der Waals surface area contributed by atoms with Crippen LogP contribution < -0.4 is 0 Å². The van der Waals surface area contributed by atoms with Gasteiger partial charge in [0.2, 0.25) is 0 Å². The molecule has 2 heteroatoms. The number of hydrogen-bond acceptors (Lipinski definition) is 2. The van der Waals surface area contributed by atoms with E-state index in [1.54, 1.807) is 0 Å². The van der Waals surface area contributed by atoms with Gasteiger partial charge in [0.15, 0.2) is 0 Å². The third-order valence-corrected chi connectivity index (χ3v) is 5.44. The Morgan fingerprint density at radius 3 is 2.39 bits per heavy atom. The molecule has 0 aliphatic carbocycles. The van der Waals surface area contributed by atoms with E-state index in [0.717, 1.165) is 18.1 Å². The average molecular weight is 252 g/mol. The van der Waals surface area contributed by atoms with Gasteiger partial charge in [-0.3, -0.25) is 9.80 Å². The highest BCUT2D eigenvalue weighted by molar-refractivity contribution is 5.02. The van der Waals surface area contributed by atoms with Crippen LogP contribution in [0.3, 0.4) is 0 Å². The van der Waals surface area contributed by atoms with E-state index >= 15 is 0 Å². The molecule has 3 unspecified atom stereocenters. The maximum Gasteiger partial charge on any atom is 0.0231 e. The molecule has 0 radical (unpaired) electrons. The minimum absolute atomic E-state index is 0.482. The van der Waals surface area contributed by atoms with Crippen LogP contribution in [-0.2, 0) is 0 Å². The highest BCUT2D eigenvalue weighted by Crippen LogP contribution is 2.43. The van der Waals surface area contributed by atoms with E-state index < -0.39 is 0 Å².